The lowest BCUT2D eigenvalue weighted by atomic mass is 10.1. The smallest absolute Gasteiger partial charge is 0.231 e. The van der Waals surface area contributed by atoms with Gasteiger partial charge in [-0.05, 0) is 43.0 Å². The maximum absolute atomic E-state index is 5.48. The Labute approximate surface area is 160 Å². The number of guanidine groups is 1. The average molecular weight is 379 g/mol. The summed E-state index contributed by atoms with van der Waals surface area (Å²) in [5.74, 6) is 3.96. The van der Waals surface area contributed by atoms with E-state index in [0.717, 1.165) is 69.7 Å². The van der Waals surface area contributed by atoms with Crippen LogP contribution in [-0.4, -0.2) is 73.8 Å². The van der Waals surface area contributed by atoms with Crippen molar-refractivity contribution in [2.24, 2.45) is 4.99 Å². The first kappa shape index (κ1) is 19.2. The standard InChI is InChI=1S/C19H30N4O2S/c1-3-20-19(21-7-4-12-26-2)23-10-8-22(9-11-23)14-16-5-6-17-18(13-16)25-15-24-17/h5-6,13H,3-4,7-12,14-15H2,1-2H3,(H,20,21). The van der Waals surface area contributed by atoms with Crippen LogP contribution in [0.15, 0.2) is 23.2 Å². The molecule has 1 fully saturated rings. The maximum Gasteiger partial charge on any atom is 0.231 e. The molecule has 2 aliphatic rings. The van der Waals surface area contributed by atoms with Crippen LogP contribution in [-0.2, 0) is 6.54 Å². The summed E-state index contributed by atoms with van der Waals surface area (Å²) in [5, 5.41) is 3.44. The highest BCUT2D eigenvalue weighted by Crippen LogP contribution is 2.32. The fourth-order valence-corrected chi connectivity index (χ4v) is 3.65. The topological polar surface area (TPSA) is 49.3 Å². The van der Waals surface area contributed by atoms with E-state index in [2.05, 4.69) is 40.4 Å². The highest BCUT2D eigenvalue weighted by atomic mass is 32.2. The van der Waals surface area contributed by atoms with E-state index in [1.54, 1.807) is 0 Å². The van der Waals surface area contributed by atoms with E-state index in [0.29, 0.717) is 6.79 Å². The third-order valence-electron chi connectivity index (χ3n) is 4.62. The molecule has 6 nitrogen and oxygen atoms in total. The fraction of sp³-hybridized carbons (Fsp3) is 0.632. The number of benzene rings is 1. The molecule has 0 atom stereocenters. The summed E-state index contributed by atoms with van der Waals surface area (Å²) in [6, 6.07) is 6.25. The highest BCUT2D eigenvalue weighted by molar-refractivity contribution is 7.98. The predicted molar refractivity (Wildman–Crippen MR) is 108 cm³/mol. The van der Waals surface area contributed by atoms with Gasteiger partial charge < -0.3 is 19.7 Å². The zero-order valence-electron chi connectivity index (χ0n) is 15.9. The monoisotopic (exact) mass is 378 g/mol. The second-order valence-corrected chi connectivity index (χ2v) is 7.52. The van der Waals surface area contributed by atoms with E-state index in [1.165, 1.54) is 11.3 Å². The Morgan fingerprint density at radius 1 is 1.19 bits per heavy atom. The number of hydrogen-bond donors (Lipinski definition) is 1. The SMILES string of the molecule is CCNC(=NCCCSC)N1CCN(Cc2ccc3c(c2)OCO3)CC1. The van der Waals surface area contributed by atoms with Crippen molar-refractivity contribution in [3.63, 3.8) is 0 Å². The van der Waals surface area contributed by atoms with Crippen LogP contribution >= 0.6 is 11.8 Å². The first-order valence-electron chi connectivity index (χ1n) is 9.43. The Morgan fingerprint density at radius 3 is 2.77 bits per heavy atom. The minimum Gasteiger partial charge on any atom is -0.454 e. The van der Waals surface area contributed by atoms with Gasteiger partial charge in [-0.25, -0.2) is 0 Å². The Balaban J connectivity index is 1.49. The molecule has 144 valence electrons. The zero-order chi connectivity index (χ0) is 18.2. The molecule has 3 rings (SSSR count). The number of fused-ring (bicyclic) bond motifs is 1. The van der Waals surface area contributed by atoms with E-state index in [1.807, 2.05) is 17.8 Å². The van der Waals surface area contributed by atoms with Crippen LogP contribution in [0.5, 0.6) is 11.5 Å². The zero-order valence-corrected chi connectivity index (χ0v) is 16.7. The molecular formula is C19H30N4O2S. The van der Waals surface area contributed by atoms with Crippen LogP contribution in [0.2, 0.25) is 0 Å². The quantitative estimate of drug-likeness (QED) is 0.446. The normalized spacial score (nSPS) is 17.6. The van der Waals surface area contributed by atoms with Crippen LogP contribution in [0.4, 0.5) is 0 Å². The first-order valence-corrected chi connectivity index (χ1v) is 10.8. The molecule has 26 heavy (non-hydrogen) atoms. The second kappa shape index (κ2) is 9.92. The summed E-state index contributed by atoms with van der Waals surface area (Å²) >= 11 is 1.88. The molecule has 0 unspecified atom stereocenters. The summed E-state index contributed by atoms with van der Waals surface area (Å²) in [4.78, 5) is 9.67. The van der Waals surface area contributed by atoms with Gasteiger partial charge in [0, 0.05) is 45.8 Å². The maximum atomic E-state index is 5.48. The lowest BCUT2D eigenvalue weighted by molar-refractivity contribution is 0.171. The molecule has 0 aliphatic carbocycles. The number of nitrogens with one attached hydrogen (secondary N) is 1. The van der Waals surface area contributed by atoms with Crippen molar-refractivity contribution < 1.29 is 9.47 Å². The number of nitrogens with zero attached hydrogens (tertiary/aromatic N) is 3. The van der Waals surface area contributed by atoms with E-state index < -0.39 is 0 Å². The predicted octanol–water partition coefficient (Wildman–Crippen LogP) is 2.25. The van der Waals surface area contributed by atoms with Gasteiger partial charge in [-0.3, -0.25) is 9.89 Å². The minimum atomic E-state index is 0.334. The second-order valence-electron chi connectivity index (χ2n) is 6.53. The number of hydrogen-bond acceptors (Lipinski definition) is 5. The van der Waals surface area contributed by atoms with E-state index in [4.69, 9.17) is 14.5 Å². The molecule has 1 saturated heterocycles. The molecule has 1 aromatic rings. The molecule has 2 heterocycles. The van der Waals surface area contributed by atoms with Crippen LogP contribution in [0.3, 0.4) is 0 Å². The number of piperazine rings is 1. The van der Waals surface area contributed by atoms with Gasteiger partial charge in [0.1, 0.15) is 0 Å². The van der Waals surface area contributed by atoms with Gasteiger partial charge in [0.25, 0.3) is 0 Å². The van der Waals surface area contributed by atoms with Crippen molar-refractivity contribution in [2.75, 3.05) is 58.1 Å². The third kappa shape index (κ3) is 5.20. The van der Waals surface area contributed by atoms with E-state index in [-0.39, 0.29) is 0 Å². The molecule has 0 amide bonds. The van der Waals surface area contributed by atoms with Crippen molar-refractivity contribution in [2.45, 2.75) is 19.9 Å². The Hall–Kier alpha value is -1.60. The molecule has 0 spiro atoms. The molecule has 0 aromatic heterocycles. The molecule has 0 saturated carbocycles. The van der Waals surface area contributed by atoms with E-state index >= 15 is 0 Å². The number of thioether (sulfide) groups is 1. The molecular weight excluding hydrogens is 348 g/mol. The summed E-state index contributed by atoms with van der Waals surface area (Å²) in [6.07, 6.45) is 3.29. The number of rotatable bonds is 7. The van der Waals surface area contributed by atoms with Crippen molar-refractivity contribution in [3.8, 4) is 11.5 Å². The molecule has 2 aliphatic heterocycles. The van der Waals surface area contributed by atoms with Crippen LogP contribution in [0, 0.1) is 0 Å². The third-order valence-corrected chi connectivity index (χ3v) is 5.31. The number of ether oxygens (including phenoxy) is 2. The van der Waals surface area contributed by atoms with Gasteiger partial charge in [-0.1, -0.05) is 6.07 Å². The molecule has 1 N–H and O–H groups in total. The van der Waals surface area contributed by atoms with Crippen LogP contribution in [0.1, 0.15) is 18.9 Å². The average Bonchev–Trinajstić information content (AvgIpc) is 3.13. The number of aliphatic imine (C=N–C) groups is 1. The van der Waals surface area contributed by atoms with Gasteiger partial charge in [0.05, 0.1) is 0 Å². The molecule has 7 heteroatoms. The lowest BCUT2D eigenvalue weighted by Gasteiger charge is -2.36. The minimum absolute atomic E-state index is 0.334. The Morgan fingerprint density at radius 2 is 2.00 bits per heavy atom. The Bertz CT molecular complexity index is 603. The summed E-state index contributed by atoms with van der Waals surface area (Å²) < 4.78 is 10.9. The van der Waals surface area contributed by atoms with Gasteiger partial charge in [0.2, 0.25) is 6.79 Å². The molecule has 0 bridgehead atoms. The van der Waals surface area contributed by atoms with Crippen molar-refractivity contribution >= 4 is 17.7 Å². The van der Waals surface area contributed by atoms with Crippen LogP contribution < -0.4 is 14.8 Å². The van der Waals surface area contributed by atoms with Crippen molar-refractivity contribution in [3.05, 3.63) is 23.8 Å². The fourth-order valence-electron chi connectivity index (χ4n) is 3.23. The summed E-state index contributed by atoms with van der Waals surface area (Å²) in [7, 11) is 0. The lowest BCUT2D eigenvalue weighted by Crippen LogP contribution is -2.52. The first-order chi connectivity index (χ1) is 12.8. The largest absolute Gasteiger partial charge is 0.454 e. The van der Waals surface area contributed by atoms with Gasteiger partial charge in [-0.15, -0.1) is 0 Å². The summed E-state index contributed by atoms with van der Waals surface area (Å²) in [6.45, 7) is 9.35. The van der Waals surface area contributed by atoms with Crippen molar-refractivity contribution in [1.29, 1.82) is 0 Å². The van der Waals surface area contributed by atoms with Crippen molar-refractivity contribution in [1.82, 2.24) is 15.1 Å². The van der Waals surface area contributed by atoms with E-state index in [9.17, 15) is 0 Å². The van der Waals surface area contributed by atoms with Crippen LogP contribution in [0.25, 0.3) is 0 Å². The van der Waals surface area contributed by atoms with Gasteiger partial charge in [-0.2, -0.15) is 11.8 Å². The highest BCUT2D eigenvalue weighted by Gasteiger charge is 2.20. The summed E-state index contributed by atoms with van der Waals surface area (Å²) in [5.41, 5.74) is 1.28. The Kier molecular flexibility index (Phi) is 7.32. The molecule has 0 radical (unpaired) electrons. The van der Waals surface area contributed by atoms with Gasteiger partial charge >= 0.3 is 0 Å². The van der Waals surface area contributed by atoms with Gasteiger partial charge in [0.15, 0.2) is 17.5 Å². The molecule has 1 aromatic carbocycles.